The maximum Gasteiger partial charge on any atom is 0 e. The number of hydrogen-bond acceptors (Lipinski definition) is 0. The van der Waals surface area contributed by atoms with Gasteiger partial charge in [-0.05, 0) is 0 Å². The summed E-state index contributed by atoms with van der Waals surface area (Å²) < 4.78 is 0. The first-order chi connectivity index (χ1) is 3.29. The fourth-order valence-corrected chi connectivity index (χ4v) is 0.745. The first-order valence-electron chi connectivity index (χ1n) is 2.55. The van der Waals surface area contributed by atoms with Crippen LogP contribution in [-0.2, 0) is 25.8 Å². The van der Waals surface area contributed by atoms with Gasteiger partial charge in [0.25, 0.3) is 0 Å². The van der Waals surface area contributed by atoms with Gasteiger partial charge in [0.2, 0.25) is 0 Å². The fourth-order valence-electron chi connectivity index (χ4n) is 0.745. The summed E-state index contributed by atoms with van der Waals surface area (Å²) in [6.07, 6.45) is 6.50. The molecule has 0 aromatic rings. The monoisotopic (exact) mass is 273 g/mol. The fraction of sp³-hybridized carbons (Fsp3) is 0.429. The molecule has 0 saturated heterocycles. The molecule has 1 heteroatoms. The van der Waals surface area contributed by atoms with Crippen molar-refractivity contribution >= 4 is 0 Å². The van der Waals surface area contributed by atoms with E-state index in [9.17, 15) is 0 Å². The van der Waals surface area contributed by atoms with E-state index in [2.05, 4.69) is 26.0 Å². The predicted octanol–water partition coefficient (Wildman–Crippen LogP) is 2.08. The van der Waals surface area contributed by atoms with Crippen LogP contribution in [0.5, 0.6) is 0 Å². The Kier molecular flexibility index (Phi) is 3.54. The molecule has 1 rings (SSSR count). The predicted molar refractivity (Wildman–Crippen MR) is 30.8 cm³/mol. The van der Waals surface area contributed by atoms with Crippen molar-refractivity contribution < 1.29 is 25.8 Å². The molecule has 0 aromatic carbocycles. The van der Waals surface area contributed by atoms with Crippen LogP contribution in [0.15, 0.2) is 17.2 Å². The topological polar surface area (TPSA) is 0 Å². The van der Waals surface area contributed by atoms with Gasteiger partial charge in [-0.2, -0.15) is 5.57 Å². The first-order valence-corrected chi connectivity index (χ1v) is 2.55. The molecule has 0 nitrogen and oxygen atoms in total. The first kappa shape index (κ1) is 8.35. The average Bonchev–Trinajstić information content (AvgIpc) is 1.87. The summed E-state index contributed by atoms with van der Waals surface area (Å²) in [7, 11) is 0. The molecule has 0 amide bonds. The summed E-state index contributed by atoms with van der Waals surface area (Å²) in [4.78, 5) is 0. The van der Waals surface area contributed by atoms with Crippen LogP contribution in [0.25, 0.3) is 0 Å². The van der Waals surface area contributed by atoms with Crippen LogP contribution in [0.1, 0.15) is 20.3 Å². The van der Waals surface area contributed by atoms with Crippen LogP contribution >= 0.6 is 0 Å². The van der Waals surface area contributed by atoms with E-state index in [-0.39, 0.29) is 25.8 Å². The molecule has 0 radical (unpaired) electrons. The van der Waals surface area contributed by atoms with Crippen molar-refractivity contribution in [2.24, 2.45) is 0 Å². The van der Waals surface area contributed by atoms with Gasteiger partial charge in [0, 0.05) is 25.8 Å². The van der Waals surface area contributed by atoms with E-state index in [0.29, 0.717) is 0 Å². The number of allylic oxidation sites excluding steroid dienone is 4. The Labute approximate surface area is 69.5 Å². The second-order valence-corrected chi connectivity index (χ2v) is 2.00. The third-order valence-corrected chi connectivity index (χ3v) is 1.12. The van der Waals surface area contributed by atoms with Crippen molar-refractivity contribution in [2.45, 2.75) is 20.3 Å². The molecule has 0 heterocycles. The molecule has 0 bridgehead atoms. The van der Waals surface area contributed by atoms with Crippen LogP contribution in [0.4, 0.5) is 0 Å². The van der Waals surface area contributed by atoms with E-state index >= 15 is 0 Å². The molecule has 0 saturated carbocycles. The van der Waals surface area contributed by atoms with E-state index in [1.165, 1.54) is 11.1 Å². The van der Waals surface area contributed by atoms with E-state index in [4.69, 9.17) is 0 Å². The van der Waals surface area contributed by atoms with Gasteiger partial charge < -0.3 is 0 Å². The number of rotatable bonds is 0. The molecule has 0 spiro atoms. The SMILES string of the molecule is CC1=[C-]C(C)=CC1.[Hf]. The maximum atomic E-state index is 3.19. The van der Waals surface area contributed by atoms with Crippen LogP contribution in [0.2, 0.25) is 0 Å². The van der Waals surface area contributed by atoms with Crippen LogP contribution in [0, 0.1) is 6.08 Å². The van der Waals surface area contributed by atoms with Crippen molar-refractivity contribution in [2.75, 3.05) is 0 Å². The summed E-state index contributed by atoms with van der Waals surface area (Å²) in [5.74, 6) is 0. The van der Waals surface area contributed by atoms with E-state index < -0.39 is 0 Å². The third-order valence-electron chi connectivity index (χ3n) is 1.12. The minimum absolute atomic E-state index is 0. The zero-order valence-corrected chi connectivity index (χ0v) is 8.88. The standard InChI is InChI=1S/C7H9.Hf/c1-6-3-4-7(2)5-6;/h3H,4H2,1-2H3;/q-1;. The molecule has 1 aliphatic carbocycles. The van der Waals surface area contributed by atoms with Crippen molar-refractivity contribution in [1.29, 1.82) is 0 Å². The normalized spacial score (nSPS) is 16.8. The Morgan fingerprint density at radius 2 is 2.12 bits per heavy atom. The molecule has 8 heavy (non-hydrogen) atoms. The minimum Gasteiger partial charge on any atom is -0.250 e. The van der Waals surface area contributed by atoms with Gasteiger partial charge in [0.05, 0.1) is 0 Å². The molecular weight excluding hydrogens is 263 g/mol. The van der Waals surface area contributed by atoms with Gasteiger partial charge >= 0.3 is 0 Å². The third kappa shape index (κ3) is 2.08. The number of hydrogen-bond donors (Lipinski definition) is 0. The quantitative estimate of drug-likeness (QED) is 0.467. The molecular formula is C7H9Hf-. The van der Waals surface area contributed by atoms with Gasteiger partial charge in [-0.3, -0.25) is 6.08 Å². The second-order valence-electron chi connectivity index (χ2n) is 2.00. The Hall–Kier alpha value is 0.350. The van der Waals surface area contributed by atoms with Gasteiger partial charge in [-0.25, -0.2) is 11.6 Å². The molecule has 0 fully saturated rings. The summed E-state index contributed by atoms with van der Waals surface area (Å²) in [5.41, 5.74) is 2.65. The molecule has 0 unspecified atom stereocenters. The molecule has 0 atom stereocenters. The Bertz CT molecular complexity index is 131. The Morgan fingerprint density at radius 3 is 2.25 bits per heavy atom. The van der Waals surface area contributed by atoms with Crippen LogP contribution < -0.4 is 0 Å². The summed E-state index contributed by atoms with van der Waals surface area (Å²) >= 11 is 0. The van der Waals surface area contributed by atoms with Crippen molar-refractivity contribution in [3.8, 4) is 0 Å². The second kappa shape index (κ2) is 3.39. The maximum absolute atomic E-state index is 3.19. The molecule has 42 valence electrons. The Balaban J connectivity index is 0.000000490. The zero-order valence-electron chi connectivity index (χ0n) is 5.28. The summed E-state index contributed by atoms with van der Waals surface area (Å²) in [6, 6.07) is 0. The van der Waals surface area contributed by atoms with Crippen LogP contribution in [0.3, 0.4) is 0 Å². The van der Waals surface area contributed by atoms with Gasteiger partial charge in [-0.15, -0.1) is 0 Å². The van der Waals surface area contributed by atoms with Crippen LogP contribution in [-0.4, -0.2) is 0 Å². The van der Waals surface area contributed by atoms with Gasteiger partial charge in [-0.1, -0.05) is 20.3 Å². The summed E-state index contributed by atoms with van der Waals surface area (Å²) in [6.45, 7) is 4.18. The van der Waals surface area contributed by atoms with E-state index in [0.717, 1.165) is 6.42 Å². The van der Waals surface area contributed by atoms with E-state index in [1.54, 1.807) is 0 Å². The smallest absolute Gasteiger partial charge is 0 e. The Morgan fingerprint density at radius 1 is 1.50 bits per heavy atom. The zero-order chi connectivity index (χ0) is 5.28. The molecule has 1 aliphatic rings. The molecule has 0 N–H and O–H groups in total. The van der Waals surface area contributed by atoms with Gasteiger partial charge in [0.1, 0.15) is 0 Å². The average molecular weight is 272 g/mol. The molecule has 0 aliphatic heterocycles. The van der Waals surface area contributed by atoms with E-state index in [1.807, 2.05) is 0 Å². The summed E-state index contributed by atoms with van der Waals surface area (Å²) in [5, 5.41) is 0. The minimum atomic E-state index is 0. The van der Waals surface area contributed by atoms with Crippen molar-refractivity contribution in [3.05, 3.63) is 23.3 Å². The van der Waals surface area contributed by atoms with Crippen molar-refractivity contribution in [1.82, 2.24) is 0 Å². The van der Waals surface area contributed by atoms with Gasteiger partial charge in [0.15, 0.2) is 0 Å². The molecule has 0 aromatic heterocycles. The largest absolute Gasteiger partial charge is 0.250 e. The van der Waals surface area contributed by atoms with Crippen molar-refractivity contribution in [3.63, 3.8) is 0 Å².